The van der Waals surface area contributed by atoms with Crippen LogP contribution in [0.1, 0.15) is 15.9 Å². The molecule has 1 atom stereocenters. The van der Waals surface area contributed by atoms with Gasteiger partial charge in [0.05, 0.1) is 6.04 Å². The minimum atomic E-state index is -0.706. The van der Waals surface area contributed by atoms with Crippen LogP contribution in [0.5, 0.6) is 0 Å². The molecule has 80 valence electrons. The molecule has 0 saturated heterocycles. The maximum atomic E-state index is 10.8. The first kappa shape index (κ1) is 11.7. The van der Waals surface area contributed by atoms with Crippen LogP contribution in [0.15, 0.2) is 24.3 Å². The van der Waals surface area contributed by atoms with Gasteiger partial charge in [-0.2, -0.15) is 0 Å². The fourth-order valence-electron chi connectivity index (χ4n) is 1.13. The van der Waals surface area contributed by atoms with Crippen molar-refractivity contribution in [3.05, 3.63) is 35.4 Å². The van der Waals surface area contributed by atoms with E-state index in [-0.39, 0.29) is 0 Å². The van der Waals surface area contributed by atoms with Crippen molar-refractivity contribution in [2.75, 3.05) is 0 Å². The van der Waals surface area contributed by atoms with E-state index in [9.17, 15) is 9.59 Å². The highest BCUT2D eigenvalue weighted by atomic mass is 35.5. The first-order valence-corrected chi connectivity index (χ1v) is 4.72. The highest BCUT2D eigenvalue weighted by molar-refractivity contribution is 6.67. The molecule has 1 rings (SSSR count). The van der Waals surface area contributed by atoms with Gasteiger partial charge in [0.25, 0.3) is 5.24 Å². The lowest BCUT2D eigenvalue weighted by atomic mass is 10.0. The van der Waals surface area contributed by atoms with E-state index in [1.165, 1.54) is 0 Å². The molecule has 1 aromatic rings. The van der Waals surface area contributed by atoms with Crippen LogP contribution in [-0.2, 0) is 11.2 Å². The average molecular weight is 227 g/mol. The predicted octanol–water partition coefficient (Wildman–Crippen LogP) is 0.421. The van der Waals surface area contributed by atoms with Crippen LogP contribution in [0.4, 0.5) is 0 Å². The van der Waals surface area contributed by atoms with Crippen molar-refractivity contribution in [2.45, 2.75) is 12.5 Å². The van der Waals surface area contributed by atoms with Crippen LogP contribution < -0.4 is 11.5 Å². The van der Waals surface area contributed by atoms with Gasteiger partial charge in [0.1, 0.15) is 0 Å². The fourth-order valence-corrected chi connectivity index (χ4v) is 1.25. The maximum Gasteiger partial charge on any atom is 0.252 e. The number of nitrogens with two attached hydrogens (primary N) is 2. The summed E-state index contributed by atoms with van der Waals surface area (Å²) in [5, 5.41) is -0.513. The Kier molecular flexibility index (Phi) is 3.82. The smallest absolute Gasteiger partial charge is 0.252 e. The lowest BCUT2D eigenvalue weighted by Gasteiger charge is -2.07. The highest BCUT2D eigenvalue weighted by Crippen LogP contribution is 2.08. The number of primary amides is 1. The summed E-state index contributed by atoms with van der Waals surface area (Å²) < 4.78 is 0. The molecule has 0 spiro atoms. The van der Waals surface area contributed by atoms with Crippen LogP contribution in [0.3, 0.4) is 0 Å². The van der Waals surface area contributed by atoms with Gasteiger partial charge in [0, 0.05) is 5.56 Å². The molecule has 0 heterocycles. The first-order chi connectivity index (χ1) is 7.00. The Hall–Kier alpha value is -1.39. The van der Waals surface area contributed by atoms with E-state index in [1.807, 2.05) is 0 Å². The van der Waals surface area contributed by atoms with Crippen LogP contribution in [0.25, 0.3) is 0 Å². The average Bonchev–Trinajstić information content (AvgIpc) is 2.18. The molecule has 4 N–H and O–H groups in total. The molecular weight excluding hydrogens is 216 g/mol. The Morgan fingerprint density at radius 1 is 1.27 bits per heavy atom. The number of halogens is 1. The van der Waals surface area contributed by atoms with Crippen molar-refractivity contribution in [3.8, 4) is 0 Å². The van der Waals surface area contributed by atoms with Gasteiger partial charge < -0.3 is 11.5 Å². The van der Waals surface area contributed by atoms with Gasteiger partial charge in [0.15, 0.2) is 0 Å². The van der Waals surface area contributed by atoms with E-state index in [2.05, 4.69) is 0 Å². The van der Waals surface area contributed by atoms with Gasteiger partial charge >= 0.3 is 0 Å². The van der Waals surface area contributed by atoms with E-state index in [0.29, 0.717) is 12.0 Å². The lowest BCUT2D eigenvalue weighted by molar-refractivity contribution is -0.119. The zero-order valence-electron chi connectivity index (χ0n) is 7.94. The van der Waals surface area contributed by atoms with Crippen LogP contribution >= 0.6 is 11.6 Å². The number of carbonyl (C=O) groups is 2. The molecule has 0 unspecified atom stereocenters. The van der Waals surface area contributed by atoms with Crippen molar-refractivity contribution in [2.24, 2.45) is 11.5 Å². The van der Waals surface area contributed by atoms with Crippen molar-refractivity contribution in [1.29, 1.82) is 0 Å². The Morgan fingerprint density at radius 3 is 2.20 bits per heavy atom. The third-order valence-electron chi connectivity index (χ3n) is 2.00. The molecule has 0 aliphatic rings. The highest BCUT2D eigenvalue weighted by Gasteiger charge is 2.10. The van der Waals surface area contributed by atoms with Crippen LogP contribution in [0, 0.1) is 0 Å². The SMILES string of the molecule is NC(=O)[C@@H](N)Cc1ccc(C(=O)Cl)cc1. The summed E-state index contributed by atoms with van der Waals surface area (Å²) in [5.41, 5.74) is 11.7. The number of amides is 1. The minimum absolute atomic E-state index is 0.353. The van der Waals surface area contributed by atoms with Crippen LogP contribution in [0.2, 0.25) is 0 Å². The predicted molar refractivity (Wildman–Crippen MR) is 57.5 cm³/mol. The molecule has 1 amide bonds. The lowest BCUT2D eigenvalue weighted by Crippen LogP contribution is -2.38. The van der Waals surface area contributed by atoms with Gasteiger partial charge in [-0.25, -0.2) is 0 Å². The Morgan fingerprint density at radius 2 is 1.80 bits per heavy atom. The molecule has 15 heavy (non-hydrogen) atoms. The molecule has 0 saturated carbocycles. The summed E-state index contributed by atoms with van der Waals surface area (Å²) in [6.45, 7) is 0. The summed E-state index contributed by atoms with van der Waals surface area (Å²) in [7, 11) is 0. The van der Waals surface area contributed by atoms with E-state index in [0.717, 1.165) is 5.56 Å². The normalized spacial score (nSPS) is 12.1. The molecule has 0 bridgehead atoms. The topological polar surface area (TPSA) is 86.2 Å². The van der Waals surface area contributed by atoms with Gasteiger partial charge in [-0.15, -0.1) is 0 Å². The van der Waals surface area contributed by atoms with Crippen molar-refractivity contribution >= 4 is 22.8 Å². The summed E-state index contributed by atoms with van der Waals surface area (Å²) in [4.78, 5) is 21.5. The number of carbonyl (C=O) groups excluding carboxylic acids is 2. The fraction of sp³-hybridized carbons (Fsp3) is 0.200. The Balaban J connectivity index is 2.72. The molecule has 0 radical (unpaired) electrons. The molecule has 1 aromatic carbocycles. The molecule has 0 fully saturated rings. The largest absolute Gasteiger partial charge is 0.368 e. The third-order valence-corrected chi connectivity index (χ3v) is 2.22. The summed E-state index contributed by atoms with van der Waals surface area (Å²) in [6, 6.07) is 5.84. The van der Waals surface area contributed by atoms with E-state index >= 15 is 0 Å². The minimum Gasteiger partial charge on any atom is -0.368 e. The molecule has 0 aliphatic carbocycles. The van der Waals surface area contributed by atoms with Crippen molar-refractivity contribution in [1.82, 2.24) is 0 Å². The number of benzene rings is 1. The second-order valence-electron chi connectivity index (χ2n) is 3.18. The monoisotopic (exact) mass is 226 g/mol. The Bertz CT molecular complexity index is 376. The quantitative estimate of drug-likeness (QED) is 0.730. The number of hydrogen-bond donors (Lipinski definition) is 2. The molecule has 5 heteroatoms. The van der Waals surface area contributed by atoms with E-state index in [1.54, 1.807) is 24.3 Å². The Labute approximate surface area is 92.2 Å². The summed E-state index contributed by atoms with van der Waals surface area (Å²) >= 11 is 5.27. The number of rotatable bonds is 4. The maximum absolute atomic E-state index is 10.8. The van der Waals surface area contributed by atoms with E-state index in [4.69, 9.17) is 23.1 Å². The van der Waals surface area contributed by atoms with Gasteiger partial charge in [-0.05, 0) is 35.7 Å². The standard InChI is InChI=1S/C10H11ClN2O2/c11-9(14)7-3-1-6(2-4-7)5-8(12)10(13)15/h1-4,8H,5,12H2,(H2,13,15)/t8-/m0/s1. The molecule has 4 nitrogen and oxygen atoms in total. The van der Waals surface area contributed by atoms with Gasteiger partial charge in [-0.1, -0.05) is 12.1 Å². The van der Waals surface area contributed by atoms with Gasteiger partial charge in [-0.3, -0.25) is 9.59 Å². The summed E-state index contributed by atoms with van der Waals surface area (Å²) in [5.74, 6) is -0.549. The van der Waals surface area contributed by atoms with Crippen molar-refractivity contribution < 1.29 is 9.59 Å². The third kappa shape index (κ3) is 3.34. The number of hydrogen-bond acceptors (Lipinski definition) is 3. The van der Waals surface area contributed by atoms with Crippen LogP contribution in [-0.4, -0.2) is 17.2 Å². The second-order valence-corrected chi connectivity index (χ2v) is 3.53. The second kappa shape index (κ2) is 4.91. The zero-order chi connectivity index (χ0) is 11.4. The van der Waals surface area contributed by atoms with E-state index < -0.39 is 17.2 Å². The zero-order valence-corrected chi connectivity index (χ0v) is 8.70. The first-order valence-electron chi connectivity index (χ1n) is 4.34. The van der Waals surface area contributed by atoms with Gasteiger partial charge in [0.2, 0.25) is 5.91 Å². The molecule has 0 aromatic heterocycles. The molecular formula is C10H11ClN2O2. The molecule has 0 aliphatic heterocycles. The van der Waals surface area contributed by atoms with Crippen molar-refractivity contribution in [3.63, 3.8) is 0 Å². The summed E-state index contributed by atoms with van der Waals surface area (Å²) in [6.07, 6.45) is 0.353.